The summed E-state index contributed by atoms with van der Waals surface area (Å²) in [6, 6.07) is 8.83. The molecule has 2 aliphatic heterocycles. The van der Waals surface area contributed by atoms with Gasteiger partial charge >= 0.3 is 0 Å². The summed E-state index contributed by atoms with van der Waals surface area (Å²) in [5.74, 6) is 0. The van der Waals surface area contributed by atoms with Crippen LogP contribution < -0.4 is 5.32 Å². The zero-order valence-corrected chi connectivity index (χ0v) is 14.3. The van der Waals surface area contributed by atoms with Crippen LogP contribution in [0.1, 0.15) is 37.1 Å². The zero-order valence-electron chi connectivity index (χ0n) is 13.5. The van der Waals surface area contributed by atoms with Gasteiger partial charge < -0.3 is 19.9 Å². The van der Waals surface area contributed by atoms with Crippen LogP contribution in [0.3, 0.4) is 0 Å². The van der Waals surface area contributed by atoms with Gasteiger partial charge in [-0.25, -0.2) is 0 Å². The van der Waals surface area contributed by atoms with E-state index in [0.717, 1.165) is 44.1 Å². The minimum atomic E-state index is 0.274. The standard InChI is InChI=1S/C18H23N3OS/c1-12-17-15(14-6-2-3-7-16(14)20-17)8-9-21(12)18(23)19-11-13-5-4-10-22-13/h2-3,6-7,12-13,20H,4-5,8-11H2,1H3,(H,19,23)/t12-,13+/m0/s1. The van der Waals surface area contributed by atoms with Gasteiger partial charge in [-0.15, -0.1) is 0 Å². The van der Waals surface area contributed by atoms with Gasteiger partial charge in [0.05, 0.1) is 12.1 Å². The fourth-order valence-electron chi connectivity index (χ4n) is 3.81. The van der Waals surface area contributed by atoms with Crippen molar-refractivity contribution in [2.75, 3.05) is 19.7 Å². The SMILES string of the molecule is C[C@H]1c2[nH]c3ccccc3c2CCN1C(=S)NC[C@H]1CCCO1. The average Bonchev–Trinajstić information content (AvgIpc) is 3.21. The molecule has 0 unspecified atom stereocenters. The van der Waals surface area contributed by atoms with Crippen LogP contribution in [0.4, 0.5) is 0 Å². The fraction of sp³-hybridized carbons (Fsp3) is 0.500. The summed E-state index contributed by atoms with van der Waals surface area (Å²) < 4.78 is 5.67. The molecule has 1 aromatic carbocycles. The maximum absolute atomic E-state index is 5.67. The third-order valence-corrected chi connectivity index (χ3v) is 5.48. The smallest absolute Gasteiger partial charge is 0.169 e. The van der Waals surface area contributed by atoms with Gasteiger partial charge in [0.2, 0.25) is 0 Å². The van der Waals surface area contributed by atoms with E-state index in [4.69, 9.17) is 17.0 Å². The number of thiocarbonyl (C=S) groups is 1. The highest BCUT2D eigenvalue weighted by Crippen LogP contribution is 2.34. The average molecular weight is 329 g/mol. The van der Waals surface area contributed by atoms with Crippen LogP contribution in [-0.4, -0.2) is 40.8 Å². The lowest BCUT2D eigenvalue weighted by Crippen LogP contribution is -2.46. The molecule has 0 saturated carbocycles. The Bertz CT molecular complexity index is 720. The Labute approximate surface area is 142 Å². The molecule has 3 heterocycles. The minimum Gasteiger partial charge on any atom is -0.376 e. The molecular formula is C18H23N3OS. The molecule has 2 atom stereocenters. The number of ether oxygens (including phenoxy) is 1. The van der Waals surface area contributed by atoms with Crippen molar-refractivity contribution < 1.29 is 4.74 Å². The molecule has 4 nitrogen and oxygen atoms in total. The Morgan fingerprint density at radius 2 is 2.30 bits per heavy atom. The monoisotopic (exact) mass is 329 g/mol. The van der Waals surface area contributed by atoms with Crippen LogP contribution in [0.5, 0.6) is 0 Å². The predicted molar refractivity (Wildman–Crippen MR) is 96.7 cm³/mol. The number of aromatic amines is 1. The summed E-state index contributed by atoms with van der Waals surface area (Å²) in [5.41, 5.74) is 3.98. The molecule has 5 heteroatoms. The van der Waals surface area contributed by atoms with Gasteiger partial charge in [-0.2, -0.15) is 0 Å². The maximum Gasteiger partial charge on any atom is 0.169 e. The second-order valence-corrected chi connectivity index (χ2v) is 6.89. The van der Waals surface area contributed by atoms with Crippen molar-refractivity contribution in [3.05, 3.63) is 35.5 Å². The van der Waals surface area contributed by atoms with E-state index in [1.165, 1.54) is 22.2 Å². The number of nitrogens with zero attached hydrogens (tertiary/aromatic N) is 1. The van der Waals surface area contributed by atoms with Crippen LogP contribution in [0.15, 0.2) is 24.3 Å². The van der Waals surface area contributed by atoms with Gasteiger partial charge in [0, 0.05) is 36.3 Å². The van der Waals surface area contributed by atoms with Crippen molar-refractivity contribution in [2.45, 2.75) is 38.3 Å². The molecule has 0 aliphatic carbocycles. The number of aromatic nitrogens is 1. The van der Waals surface area contributed by atoms with E-state index in [1.54, 1.807) is 0 Å². The van der Waals surface area contributed by atoms with E-state index < -0.39 is 0 Å². The summed E-state index contributed by atoms with van der Waals surface area (Å²) >= 11 is 5.64. The highest BCUT2D eigenvalue weighted by atomic mass is 32.1. The van der Waals surface area contributed by atoms with Crippen molar-refractivity contribution in [3.8, 4) is 0 Å². The number of hydrogen-bond acceptors (Lipinski definition) is 2. The van der Waals surface area contributed by atoms with E-state index >= 15 is 0 Å². The number of hydrogen-bond donors (Lipinski definition) is 2. The lowest BCUT2D eigenvalue weighted by molar-refractivity contribution is 0.113. The van der Waals surface area contributed by atoms with Gasteiger partial charge in [-0.1, -0.05) is 18.2 Å². The number of fused-ring (bicyclic) bond motifs is 3. The highest BCUT2D eigenvalue weighted by Gasteiger charge is 2.29. The van der Waals surface area contributed by atoms with Crippen molar-refractivity contribution in [3.63, 3.8) is 0 Å². The first kappa shape index (κ1) is 15.0. The van der Waals surface area contributed by atoms with Crippen molar-refractivity contribution >= 4 is 28.2 Å². The van der Waals surface area contributed by atoms with Crippen molar-refractivity contribution in [2.24, 2.45) is 0 Å². The Balaban J connectivity index is 1.50. The molecule has 0 bridgehead atoms. The number of rotatable bonds is 2. The third kappa shape index (κ3) is 2.72. The fourth-order valence-corrected chi connectivity index (χ4v) is 4.15. The van der Waals surface area contributed by atoms with Crippen LogP contribution in [0.25, 0.3) is 10.9 Å². The van der Waals surface area contributed by atoms with Crippen molar-refractivity contribution in [1.29, 1.82) is 0 Å². The quantitative estimate of drug-likeness (QED) is 0.831. The Morgan fingerprint density at radius 1 is 1.43 bits per heavy atom. The van der Waals surface area contributed by atoms with Gasteiger partial charge in [-0.3, -0.25) is 0 Å². The first-order valence-electron chi connectivity index (χ1n) is 8.49. The van der Waals surface area contributed by atoms with E-state index in [9.17, 15) is 0 Å². The lowest BCUT2D eigenvalue weighted by Gasteiger charge is -2.36. The highest BCUT2D eigenvalue weighted by molar-refractivity contribution is 7.80. The molecule has 4 rings (SSSR count). The second kappa shape index (κ2) is 6.13. The van der Waals surface area contributed by atoms with Crippen molar-refractivity contribution in [1.82, 2.24) is 15.2 Å². The Morgan fingerprint density at radius 3 is 3.13 bits per heavy atom. The molecule has 0 amide bonds. The Kier molecular flexibility index (Phi) is 3.99. The molecule has 0 radical (unpaired) electrons. The van der Waals surface area contributed by atoms with Crippen LogP contribution in [-0.2, 0) is 11.2 Å². The zero-order chi connectivity index (χ0) is 15.8. The molecule has 2 aliphatic rings. The minimum absolute atomic E-state index is 0.274. The molecule has 0 spiro atoms. The largest absolute Gasteiger partial charge is 0.376 e. The first-order chi connectivity index (χ1) is 11.2. The van der Waals surface area contributed by atoms with Crippen LogP contribution >= 0.6 is 12.2 Å². The van der Waals surface area contributed by atoms with Gasteiger partial charge in [0.15, 0.2) is 5.11 Å². The van der Waals surface area contributed by atoms with E-state index in [0.29, 0.717) is 6.10 Å². The topological polar surface area (TPSA) is 40.3 Å². The molecule has 2 aromatic rings. The summed E-state index contributed by atoms with van der Waals surface area (Å²) in [4.78, 5) is 5.89. The van der Waals surface area contributed by atoms with Gasteiger partial charge in [-0.05, 0) is 50.0 Å². The van der Waals surface area contributed by atoms with Crippen LogP contribution in [0.2, 0.25) is 0 Å². The number of nitrogens with one attached hydrogen (secondary N) is 2. The van der Waals surface area contributed by atoms with Crippen LogP contribution in [0, 0.1) is 0 Å². The number of benzene rings is 1. The lowest BCUT2D eigenvalue weighted by atomic mass is 9.99. The van der Waals surface area contributed by atoms with E-state index in [-0.39, 0.29) is 6.04 Å². The van der Waals surface area contributed by atoms with Gasteiger partial charge in [0.1, 0.15) is 0 Å². The van der Waals surface area contributed by atoms with Gasteiger partial charge in [0.25, 0.3) is 0 Å². The summed E-state index contributed by atoms with van der Waals surface area (Å²) in [5, 5.41) is 5.61. The molecule has 1 aromatic heterocycles. The maximum atomic E-state index is 5.67. The summed E-state index contributed by atoms with van der Waals surface area (Å²) in [6.45, 7) is 4.90. The molecular weight excluding hydrogens is 306 g/mol. The van der Waals surface area contributed by atoms with E-state index in [2.05, 4.69) is 46.4 Å². The number of para-hydroxylation sites is 1. The normalized spacial score (nSPS) is 24.0. The number of H-pyrrole nitrogens is 1. The molecule has 23 heavy (non-hydrogen) atoms. The molecule has 2 N–H and O–H groups in total. The predicted octanol–water partition coefficient (Wildman–Crippen LogP) is 3.14. The summed E-state index contributed by atoms with van der Waals surface area (Å²) in [6.07, 6.45) is 3.65. The first-order valence-corrected chi connectivity index (χ1v) is 8.90. The van der Waals surface area contributed by atoms with E-state index in [1.807, 2.05) is 0 Å². The molecule has 1 fully saturated rings. The molecule has 122 valence electrons. The Hall–Kier alpha value is -1.59. The molecule has 1 saturated heterocycles. The second-order valence-electron chi connectivity index (χ2n) is 6.50. The third-order valence-electron chi connectivity index (χ3n) is 5.10. The summed E-state index contributed by atoms with van der Waals surface area (Å²) in [7, 11) is 0.